The summed E-state index contributed by atoms with van der Waals surface area (Å²) in [7, 11) is 0. The molecule has 0 saturated heterocycles. The number of hydrogen-bond acceptors (Lipinski definition) is 3. The number of aromatic amines is 1. The number of aliphatic imine (C=N–C) groups is 1. The maximum Gasteiger partial charge on any atom is 0.0910 e. The lowest BCUT2D eigenvalue weighted by atomic mass is 9.93. The molecule has 0 saturated carbocycles. The molecular formula is C29H32N4. The largest absolute Gasteiger partial charge is 0.354 e. The van der Waals surface area contributed by atoms with E-state index < -0.39 is 0 Å². The number of nitrogens with one attached hydrogen (secondary N) is 2. The zero-order valence-electron chi connectivity index (χ0n) is 20.3. The maximum atomic E-state index is 5.30. The molecule has 3 aliphatic heterocycles. The Morgan fingerprint density at radius 1 is 0.879 bits per heavy atom. The number of pyridine rings is 1. The summed E-state index contributed by atoms with van der Waals surface area (Å²) in [6.07, 6.45) is 12.4. The van der Waals surface area contributed by atoms with E-state index in [1.54, 1.807) is 0 Å². The zero-order chi connectivity index (χ0) is 23.1. The normalized spacial score (nSPS) is 16.9. The summed E-state index contributed by atoms with van der Waals surface area (Å²) in [5, 5.41) is 3.59. The van der Waals surface area contributed by atoms with Crippen molar-refractivity contribution in [2.75, 3.05) is 0 Å². The fourth-order valence-corrected chi connectivity index (χ4v) is 5.32. The highest BCUT2D eigenvalue weighted by atomic mass is 14.9. The Balaban J connectivity index is 1.87. The van der Waals surface area contributed by atoms with Crippen molar-refractivity contribution in [3.8, 4) is 0 Å². The first kappa shape index (κ1) is 21.4. The van der Waals surface area contributed by atoms with E-state index in [1.807, 2.05) is 0 Å². The molecule has 33 heavy (non-hydrogen) atoms. The van der Waals surface area contributed by atoms with Gasteiger partial charge in [0.15, 0.2) is 0 Å². The van der Waals surface area contributed by atoms with Crippen molar-refractivity contribution in [3.63, 3.8) is 0 Å². The fourth-order valence-electron chi connectivity index (χ4n) is 5.32. The Morgan fingerprint density at radius 3 is 2.36 bits per heavy atom. The molecule has 0 aromatic carbocycles. The predicted molar refractivity (Wildman–Crippen MR) is 139 cm³/mol. The molecule has 4 nitrogen and oxygen atoms in total. The molecule has 8 bridgehead atoms. The van der Waals surface area contributed by atoms with Crippen LogP contribution in [0.25, 0.3) is 17.3 Å². The molecule has 0 unspecified atom stereocenters. The van der Waals surface area contributed by atoms with Crippen LogP contribution >= 0.6 is 0 Å². The molecule has 0 radical (unpaired) electrons. The fraction of sp³-hybridized carbons (Fsp3) is 0.310. The van der Waals surface area contributed by atoms with E-state index in [4.69, 9.17) is 9.98 Å². The number of fused-ring (bicyclic) bond motifs is 9. The molecule has 0 fully saturated rings. The van der Waals surface area contributed by atoms with Crippen LogP contribution in [0, 0.1) is 0 Å². The lowest BCUT2D eigenvalue weighted by Gasteiger charge is -2.16. The van der Waals surface area contributed by atoms with Crippen LogP contribution in [-0.2, 0) is 12.8 Å². The standard InChI is InChI=1S/C29H32N4/c1-6-19-20(7-2)28-29-22(9-4)21(8-3)27(33-29)17(5)23-13-11-15-25(31-23)24-14-10-12-18(30-24)16-26(19)32-28/h10-16,30,32H,6-9H2,1-5H3. The van der Waals surface area contributed by atoms with Crippen LogP contribution in [0.15, 0.2) is 64.0 Å². The van der Waals surface area contributed by atoms with Crippen LogP contribution in [0.4, 0.5) is 0 Å². The number of hydrogen-bond donors (Lipinski definition) is 2. The molecule has 5 rings (SSSR count). The maximum absolute atomic E-state index is 5.30. The van der Waals surface area contributed by atoms with Crippen LogP contribution in [0.3, 0.4) is 0 Å². The minimum atomic E-state index is 0.942. The van der Waals surface area contributed by atoms with Crippen molar-refractivity contribution in [1.29, 1.82) is 0 Å². The highest BCUT2D eigenvalue weighted by Gasteiger charge is 2.29. The quantitative estimate of drug-likeness (QED) is 0.558. The van der Waals surface area contributed by atoms with Gasteiger partial charge >= 0.3 is 0 Å². The number of H-pyrrole nitrogens is 1. The summed E-state index contributed by atoms with van der Waals surface area (Å²) in [5.41, 5.74) is 15.1. The van der Waals surface area contributed by atoms with E-state index >= 15 is 0 Å². The SMILES string of the molecule is CCC1=C(CC)C2=C(C)c3cccc(n3)C3=CC=CC(=Cc4[nH]c(c(CC)c4CC)C1=N2)N3. The molecule has 3 aliphatic rings. The Bertz CT molecular complexity index is 1320. The summed E-state index contributed by atoms with van der Waals surface area (Å²) in [5.74, 6) is 0. The van der Waals surface area contributed by atoms with Gasteiger partial charge < -0.3 is 10.3 Å². The van der Waals surface area contributed by atoms with Crippen LogP contribution in [0.5, 0.6) is 0 Å². The molecule has 0 atom stereocenters. The van der Waals surface area contributed by atoms with Crippen molar-refractivity contribution in [2.45, 2.75) is 60.3 Å². The molecule has 5 heterocycles. The van der Waals surface area contributed by atoms with E-state index in [0.29, 0.717) is 0 Å². The third kappa shape index (κ3) is 3.45. The van der Waals surface area contributed by atoms with Gasteiger partial charge in [-0.3, -0.25) is 0 Å². The molecule has 168 valence electrons. The summed E-state index contributed by atoms with van der Waals surface area (Å²) >= 11 is 0. The van der Waals surface area contributed by atoms with Gasteiger partial charge in [-0.25, -0.2) is 9.98 Å². The molecule has 2 aromatic heterocycles. The van der Waals surface area contributed by atoms with E-state index in [-0.39, 0.29) is 0 Å². The number of dihydropyridines is 1. The van der Waals surface area contributed by atoms with Gasteiger partial charge in [0.05, 0.1) is 34.2 Å². The Morgan fingerprint density at radius 2 is 1.64 bits per heavy atom. The summed E-state index contributed by atoms with van der Waals surface area (Å²) in [4.78, 5) is 14.1. The summed E-state index contributed by atoms with van der Waals surface area (Å²) in [6.45, 7) is 11.1. The first-order valence-electron chi connectivity index (χ1n) is 12.2. The number of nitrogens with zero attached hydrogens (tertiary/aromatic N) is 2. The number of aromatic nitrogens is 2. The molecule has 4 heteroatoms. The van der Waals surface area contributed by atoms with Crippen LogP contribution in [0.1, 0.15) is 81.4 Å². The monoisotopic (exact) mass is 436 g/mol. The highest BCUT2D eigenvalue weighted by Crippen LogP contribution is 2.38. The molecule has 0 amide bonds. The first-order valence-corrected chi connectivity index (χ1v) is 12.2. The summed E-state index contributed by atoms with van der Waals surface area (Å²) < 4.78 is 0. The highest BCUT2D eigenvalue weighted by molar-refractivity contribution is 6.16. The van der Waals surface area contributed by atoms with E-state index in [9.17, 15) is 0 Å². The van der Waals surface area contributed by atoms with E-state index in [1.165, 1.54) is 33.7 Å². The number of rotatable bonds is 4. The van der Waals surface area contributed by atoms with Gasteiger partial charge in [-0.15, -0.1) is 0 Å². The van der Waals surface area contributed by atoms with Crippen LogP contribution in [-0.4, -0.2) is 15.7 Å². The minimum Gasteiger partial charge on any atom is -0.354 e. The minimum absolute atomic E-state index is 0.942. The predicted octanol–water partition coefficient (Wildman–Crippen LogP) is 6.74. The lowest BCUT2D eigenvalue weighted by molar-refractivity contribution is 1.04. The molecule has 2 N–H and O–H groups in total. The molecular weight excluding hydrogens is 404 g/mol. The molecule has 0 aliphatic carbocycles. The Kier molecular flexibility index (Phi) is 5.53. The molecule has 0 spiro atoms. The third-order valence-electron chi connectivity index (χ3n) is 6.94. The van der Waals surface area contributed by atoms with Crippen molar-refractivity contribution in [1.82, 2.24) is 15.3 Å². The van der Waals surface area contributed by atoms with Gasteiger partial charge in [-0.2, -0.15) is 0 Å². The van der Waals surface area contributed by atoms with E-state index in [2.05, 4.69) is 87.4 Å². The second-order valence-corrected chi connectivity index (χ2v) is 8.75. The van der Waals surface area contributed by atoms with E-state index in [0.717, 1.165) is 65.4 Å². The van der Waals surface area contributed by atoms with Crippen molar-refractivity contribution in [3.05, 3.63) is 92.9 Å². The lowest BCUT2D eigenvalue weighted by Crippen LogP contribution is -2.14. The summed E-state index contributed by atoms with van der Waals surface area (Å²) in [6, 6.07) is 6.26. The van der Waals surface area contributed by atoms with Crippen molar-refractivity contribution >= 4 is 23.1 Å². The zero-order valence-corrected chi connectivity index (χ0v) is 20.3. The smallest absolute Gasteiger partial charge is 0.0910 e. The topological polar surface area (TPSA) is 53.1 Å². The van der Waals surface area contributed by atoms with Crippen molar-refractivity contribution < 1.29 is 0 Å². The van der Waals surface area contributed by atoms with Gasteiger partial charge in [-0.1, -0.05) is 39.8 Å². The van der Waals surface area contributed by atoms with Crippen LogP contribution in [0.2, 0.25) is 0 Å². The van der Waals surface area contributed by atoms with Gasteiger partial charge in [0, 0.05) is 17.0 Å². The molecule has 2 aromatic rings. The van der Waals surface area contributed by atoms with Crippen LogP contribution < -0.4 is 5.32 Å². The second kappa shape index (κ2) is 8.51. The van der Waals surface area contributed by atoms with Crippen molar-refractivity contribution in [2.24, 2.45) is 4.99 Å². The Labute approximate surface area is 196 Å². The average molecular weight is 437 g/mol. The van der Waals surface area contributed by atoms with Gasteiger partial charge in [-0.05, 0) is 85.2 Å². The first-order chi connectivity index (χ1) is 16.1. The number of allylic oxidation sites excluding steroid dienone is 6. The second-order valence-electron chi connectivity index (χ2n) is 8.75. The van der Waals surface area contributed by atoms with Gasteiger partial charge in [0.2, 0.25) is 0 Å². The van der Waals surface area contributed by atoms with Gasteiger partial charge in [0.25, 0.3) is 0 Å². The third-order valence-corrected chi connectivity index (χ3v) is 6.94. The van der Waals surface area contributed by atoms with Gasteiger partial charge in [0.1, 0.15) is 0 Å². The average Bonchev–Trinajstić information content (AvgIpc) is 3.40. The Hall–Kier alpha value is -3.40.